The Morgan fingerprint density at radius 1 is 0.881 bits per heavy atom. The number of hydrogen-bond acceptors (Lipinski definition) is 5. The lowest BCUT2D eigenvalue weighted by Gasteiger charge is -2.19. The highest BCUT2D eigenvalue weighted by molar-refractivity contribution is 5.96. The molecular weight excluding hydrogens is 526 g/mol. The summed E-state index contributed by atoms with van der Waals surface area (Å²) in [6.45, 7) is 9.23. The first kappa shape index (κ1) is 32.3. The highest BCUT2D eigenvalue weighted by Crippen LogP contribution is 2.22. The molecule has 1 unspecified atom stereocenters. The summed E-state index contributed by atoms with van der Waals surface area (Å²) in [6, 6.07) is 21.3. The van der Waals surface area contributed by atoms with Crippen LogP contribution < -0.4 is 21.1 Å². The molecule has 1 atom stereocenters. The number of nitrogens with one attached hydrogen (secondary N) is 2. The number of benzene rings is 3. The van der Waals surface area contributed by atoms with Crippen molar-refractivity contribution in [2.24, 2.45) is 5.73 Å². The number of nitrogens with two attached hydrogens (primary N) is 1. The lowest BCUT2D eigenvalue weighted by atomic mass is 9.86. The SMILES string of the molecule is CCCCCCCOc1ccc(N/C=C(\N)c2ccc(CC(NC(=O)c3ccc(C(C)(C)C)cc3)C(=O)O)cc2)cc1. The minimum atomic E-state index is -1.09. The van der Waals surface area contributed by atoms with E-state index in [2.05, 4.69) is 38.3 Å². The molecule has 7 heteroatoms. The van der Waals surface area contributed by atoms with Crippen molar-refractivity contribution in [1.82, 2.24) is 5.32 Å². The number of carbonyl (C=O) groups is 2. The van der Waals surface area contributed by atoms with Crippen LogP contribution in [0.25, 0.3) is 5.70 Å². The summed E-state index contributed by atoms with van der Waals surface area (Å²) in [4.78, 5) is 24.7. The van der Waals surface area contributed by atoms with E-state index in [9.17, 15) is 14.7 Å². The van der Waals surface area contributed by atoms with Crippen molar-refractivity contribution < 1.29 is 19.4 Å². The van der Waals surface area contributed by atoms with Gasteiger partial charge < -0.3 is 26.2 Å². The van der Waals surface area contributed by atoms with Crippen LogP contribution in [-0.2, 0) is 16.6 Å². The second-order valence-electron chi connectivity index (χ2n) is 11.6. The molecule has 0 radical (unpaired) electrons. The Balaban J connectivity index is 1.52. The molecule has 42 heavy (non-hydrogen) atoms. The van der Waals surface area contributed by atoms with Gasteiger partial charge in [-0.25, -0.2) is 4.79 Å². The standard InChI is InChI=1S/C35H45N3O4/c1-5-6-7-8-9-22-42-30-20-18-29(19-21-30)37-24-31(36)26-12-10-25(11-13-26)23-32(34(40)41)38-33(39)27-14-16-28(17-15-27)35(2,3)4/h10-21,24,32,37H,5-9,22-23,36H2,1-4H3,(H,38,39)(H,40,41)/b31-24-. The molecule has 3 rings (SSSR count). The van der Waals surface area contributed by atoms with Gasteiger partial charge in [0.1, 0.15) is 11.8 Å². The van der Waals surface area contributed by atoms with Gasteiger partial charge in [0.15, 0.2) is 0 Å². The van der Waals surface area contributed by atoms with Crippen molar-refractivity contribution in [2.75, 3.05) is 11.9 Å². The number of carboxylic acid groups (broad SMARTS) is 1. The van der Waals surface area contributed by atoms with Crippen LogP contribution in [0.5, 0.6) is 5.75 Å². The molecule has 5 N–H and O–H groups in total. The molecule has 0 aliphatic carbocycles. The van der Waals surface area contributed by atoms with Crippen LogP contribution in [0.1, 0.15) is 86.8 Å². The van der Waals surface area contributed by atoms with Gasteiger partial charge in [0.05, 0.1) is 12.3 Å². The van der Waals surface area contributed by atoms with Gasteiger partial charge in [0.25, 0.3) is 5.91 Å². The zero-order valence-corrected chi connectivity index (χ0v) is 25.3. The third kappa shape index (κ3) is 10.3. The van der Waals surface area contributed by atoms with Gasteiger partial charge in [-0.15, -0.1) is 0 Å². The largest absolute Gasteiger partial charge is 0.494 e. The lowest BCUT2D eigenvalue weighted by Crippen LogP contribution is -2.42. The van der Waals surface area contributed by atoms with Crippen molar-refractivity contribution >= 4 is 23.3 Å². The maximum atomic E-state index is 12.7. The normalized spacial score (nSPS) is 12.4. The summed E-state index contributed by atoms with van der Waals surface area (Å²) in [5.41, 5.74) is 10.8. The van der Waals surface area contributed by atoms with Crippen LogP contribution in [0.3, 0.4) is 0 Å². The average Bonchev–Trinajstić information content (AvgIpc) is 2.98. The molecule has 0 fully saturated rings. The van der Waals surface area contributed by atoms with Crippen molar-refractivity contribution in [3.05, 3.63) is 101 Å². The van der Waals surface area contributed by atoms with E-state index in [4.69, 9.17) is 10.5 Å². The Bertz CT molecular complexity index is 1310. The van der Waals surface area contributed by atoms with E-state index in [0.717, 1.165) is 41.2 Å². The number of aliphatic carboxylic acids is 1. The van der Waals surface area contributed by atoms with Crippen molar-refractivity contribution in [1.29, 1.82) is 0 Å². The molecule has 3 aromatic carbocycles. The van der Waals surface area contributed by atoms with Crippen LogP contribution in [0.15, 0.2) is 79.0 Å². The number of hydrogen-bond donors (Lipinski definition) is 4. The van der Waals surface area contributed by atoms with E-state index in [1.165, 1.54) is 25.7 Å². The topological polar surface area (TPSA) is 114 Å². The van der Waals surface area contributed by atoms with Crippen LogP contribution in [0, 0.1) is 0 Å². The summed E-state index contributed by atoms with van der Waals surface area (Å²) < 4.78 is 5.82. The molecule has 0 saturated carbocycles. The second-order valence-corrected chi connectivity index (χ2v) is 11.6. The fraction of sp³-hybridized carbons (Fsp3) is 0.371. The molecule has 0 aliphatic rings. The van der Waals surface area contributed by atoms with Crippen molar-refractivity contribution in [2.45, 2.75) is 77.7 Å². The Kier molecular flexibility index (Phi) is 12.0. The predicted molar refractivity (Wildman–Crippen MR) is 171 cm³/mol. The minimum absolute atomic E-state index is 0.0346. The Labute approximate surface area is 250 Å². The van der Waals surface area contributed by atoms with Crippen molar-refractivity contribution in [3.63, 3.8) is 0 Å². The zero-order valence-electron chi connectivity index (χ0n) is 25.3. The van der Waals surface area contributed by atoms with Gasteiger partial charge in [-0.3, -0.25) is 4.79 Å². The zero-order chi connectivity index (χ0) is 30.5. The quantitative estimate of drug-likeness (QED) is 0.144. The number of rotatable bonds is 15. The van der Waals surface area contributed by atoms with Gasteiger partial charge in [-0.1, -0.05) is 89.8 Å². The second kappa shape index (κ2) is 15.7. The first-order chi connectivity index (χ1) is 20.1. The average molecular weight is 572 g/mol. The highest BCUT2D eigenvalue weighted by atomic mass is 16.5. The fourth-order valence-electron chi connectivity index (χ4n) is 4.42. The van der Waals surface area contributed by atoms with E-state index in [-0.39, 0.29) is 11.8 Å². The van der Waals surface area contributed by atoms with Gasteiger partial charge in [-0.2, -0.15) is 0 Å². The predicted octanol–water partition coefficient (Wildman–Crippen LogP) is 7.13. The molecular formula is C35H45N3O4. The van der Waals surface area contributed by atoms with E-state index >= 15 is 0 Å². The van der Waals surface area contributed by atoms with Crippen molar-refractivity contribution in [3.8, 4) is 5.75 Å². The summed E-state index contributed by atoms with van der Waals surface area (Å²) in [5, 5.41) is 15.6. The maximum absolute atomic E-state index is 12.7. The first-order valence-corrected chi connectivity index (χ1v) is 14.8. The third-order valence-corrected chi connectivity index (χ3v) is 7.11. The molecule has 1 amide bonds. The fourth-order valence-corrected chi connectivity index (χ4v) is 4.42. The molecule has 0 aliphatic heterocycles. The molecule has 224 valence electrons. The van der Waals surface area contributed by atoms with E-state index < -0.39 is 17.9 Å². The lowest BCUT2D eigenvalue weighted by molar-refractivity contribution is -0.139. The summed E-state index contributed by atoms with van der Waals surface area (Å²) in [7, 11) is 0. The maximum Gasteiger partial charge on any atom is 0.326 e. The van der Waals surface area contributed by atoms with Gasteiger partial charge in [0.2, 0.25) is 0 Å². The van der Waals surface area contributed by atoms with Gasteiger partial charge in [-0.05, 0) is 64.9 Å². The Morgan fingerprint density at radius 2 is 1.50 bits per heavy atom. The number of amides is 1. The van der Waals surface area contributed by atoms with E-state index in [0.29, 0.717) is 11.3 Å². The first-order valence-electron chi connectivity index (χ1n) is 14.8. The number of carbonyl (C=O) groups excluding carboxylic acids is 1. The number of unbranched alkanes of at least 4 members (excludes halogenated alkanes) is 4. The summed E-state index contributed by atoms with van der Waals surface area (Å²) in [5.74, 6) is -0.664. The van der Waals surface area contributed by atoms with Gasteiger partial charge >= 0.3 is 5.97 Å². The molecule has 0 aromatic heterocycles. The number of ether oxygens (including phenoxy) is 1. The summed E-state index contributed by atoms with van der Waals surface area (Å²) >= 11 is 0. The molecule has 0 spiro atoms. The molecule has 0 saturated heterocycles. The number of carboxylic acids is 1. The van der Waals surface area contributed by atoms with Crippen LogP contribution in [-0.4, -0.2) is 29.6 Å². The minimum Gasteiger partial charge on any atom is -0.494 e. The number of anilines is 1. The van der Waals surface area contributed by atoms with Crippen LogP contribution in [0.4, 0.5) is 5.69 Å². The van der Waals surface area contributed by atoms with Crippen LogP contribution in [0.2, 0.25) is 0 Å². The van der Waals surface area contributed by atoms with Crippen LogP contribution >= 0.6 is 0 Å². The van der Waals surface area contributed by atoms with Gasteiger partial charge in [0, 0.05) is 23.9 Å². The molecule has 7 nitrogen and oxygen atoms in total. The molecule has 0 bridgehead atoms. The molecule has 0 heterocycles. The Hall–Kier alpha value is -4.26. The monoisotopic (exact) mass is 571 g/mol. The Morgan fingerprint density at radius 3 is 2.10 bits per heavy atom. The highest BCUT2D eigenvalue weighted by Gasteiger charge is 2.22. The van der Waals surface area contributed by atoms with E-state index in [1.54, 1.807) is 18.3 Å². The van der Waals surface area contributed by atoms with E-state index in [1.807, 2.05) is 60.7 Å². The smallest absolute Gasteiger partial charge is 0.326 e. The summed E-state index contributed by atoms with van der Waals surface area (Å²) in [6.07, 6.45) is 7.91. The molecule has 3 aromatic rings. The third-order valence-electron chi connectivity index (χ3n) is 7.11.